The molecule has 2 rings (SSSR count). The van der Waals surface area contributed by atoms with E-state index in [1.807, 2.05) is 6.07 Å². The average Bonchev–Trinajstić information content (AvgIpc) is 2.39. The van der Waals surface area contributed by atoms with Crippen LogP contribution in [0.2, 0.25) is 0 Å². The van der Waals surface area contributed by atoms with Gasteiger partial charge in [-0.15, -0.1) is 0 Å². The molecule has 0 N–H and O–H groups in total. The number of benzene rings is 2. The Morgan fingerprint density at radius 1 is 1.18 bits per heavy atom. The van der Waals surface area contributed by atoms with Crippen molar-refractivity contribution in [2.45, 2.75) is 0 Å². The van der Waals surface area contributed by atoms with Crippen molar-refractivity contribution in [3.63, 3.8) is 0 Å². The first-order chi connectivity index (χ1) is 8.24. The van der Waals surface area contributed by atoms with Crippen molar-refractivity contribution in [3.05, 3.63) is 59.4 Å². The van der Waals surface area contributed by atoms with Crippen molar-refractivity contribution in [3.8, 4) is 17.2 Å². The van der Waals surface area contributed by atoms with Crippen LogP contribution in [0.3, 0.4) is 0 Å². The number of rotatable bonds is 2. The fourth-order valence-corrected chi connectivity index (χ4v) is 1.64. The lowest BCUT2D eigenvalue weighted by Gasteiger charge is -2.05. The van der Waals surface area contributed by atoms with Crippen LogP contribution in [-0.4, -0.2) is 6.29 Å². The van der Waals surface area contributed by atoms with E-state index in [0.717, 1.165) is 0 Å². The van der Waals surface area contributed by atoms with Crippen LogP contribution in [0.4, 0.5) is 4.39 Å². The van der Waals surface area contributed by atoms with Crippen molar-refractivity contribution < 1.29 is 9.18 Å². The summed E-state index contributed by atoms with van der Waals surface area (Å²) in [6, 6.07) is 12.7. The molecule has 17 heavy (non-hydrogen) atoms. The van der Waals surface area contributed by atoms with Gasteiger partial charge in [0.1, 0.15) is 5.82 Å². The molecule has 0 saturated carbocycles. The highest BCUT2D eigenvalue weighted by Gasteiger charge is 2.06. The Morgan fingerprint density at radius 2 is 2.00 bits per heavy atom. The van der Waals surface area contributed by atoms with Gasteiger partial charge in [-0.2, -0.15) is 5.26 Å². The lowest BCUT2D eigenvalue weighted by atomic mass is 9.99. The van der Waals surface area contributed by atoms with E-state index in [4.69, 9.17) is 5.26 Å². The second-order valence-corrected chi connectivity index (χ2v) is 3.54. The lowest BCUT2D eigenvalue weighted by molar-refractivity contribution is 0.112. The quantitative estimate of drug-likeness (QED) is 0.736. The van der Waals surface area contributed by atoms with Crippen LogP contribution in [0, 0.1) is 17.1 Å². The molecule has 0 aliphatic carbocycles. The standard InChI is InChI=1S/C14H8FNO/c15-13-5-4-12(9-17)14(7-13)11-3-1-2-10(6-11)8-16/h1-7,9H. The summed E-state index contributed by atoms with van der Waals surface area (Å²) in [5, 5.41) is 8.80. The second-order valence-electron chi connectivity index (χ2n) is 3.54. The maximum atomic E-state index is 13.2. The molecule has 0 radical (unpaired) electrons. The van der Waals surface area contributed by atoms with Gasteiger partial charge in [0.05, 0.1) is 11.6 Å². The molecule has 0 aliphatic heterocycles. The van der Waals surface area contributed by atoms with Crippen LogP contribution in [0.25, 0.3) is 11.1 Å². The van der Waals surface area contributed by atoms with Gasteiger partial charge in [0.25, 0.3) is 0 Å². The molecule has 0 atom stereocenters. The molecule has 82 valence electrons. The molecule has 0 bridgehead atoms. The van der Waals surface area contributed by atoms with Crippen LogP contribution in [-0.2, 0) is 0 Å². The molecule has 2 aromatic rings. The molecule has 0 spiro atoms. The predicted molar refractivity (Wildman–Crippen MR) is 61.9 cm³/mol. The first-order valence-corrected chi connectivity index (χ1v) is 5.00. The van der Waals surface area contributed by atoms with E-state index < -0.39 is 5.82 Å². The fourth-order valence-electron chi connectivity index (χ4n) is 1.64. The van der Waals surface area contributed by atoms with Crippen molar-refractivity contribution in [2.24, 2.45) is 0 Å². The van der Waals surface area contributed by atoms with Gasteiger partial charge in [-0.3, -0.25) is 4.79 Å². The normalized spacial score (nSPS) is 9.65. The summed E-state index contributed by atoms with van der Waals surface area (Å²) in [5.41, 5.74) is 2.04. The number of hydrogen-bond donors (Lipinski definition) is 0. The Bertz CT molecular complexity index is 614. The van der Waals surface area contributed by atoms with E-state index in [1.54, 1.807) is 24.3 Å². The Balaban J connectivity index is 2.63. The van der Waals surface area contributed by atoms with Crippen LogP contribution in [0.1, 0.15) is 15.9 Å². The Morgan fingerprint density at radius 3 is 2.71 bits per heavy atom. The summed E-state index contributed by atoms with van der Waals surface area (Å²) in [6.07, 6.45) is 0.674. The van der Waals surface area contributed by atoms with Gasteiger partial charge in [0.2, 0.25) is 0 Å². The summed E-state index contributed by atoms with van der Waals surface area (Å²) in [7, 11) is 0. The molecule has 0 amide bonds. The van der Waals surface area contributed by atoms with Crippen molar-refractivity contribution in [1.29, 1.82) is 5.26 Å². The Hall–Kier alpha value is -2.47. The summed E-state index contributed by atoms with van der Waals surface area (Å²) < 4.78 is 13.2. The first kappa shape index (κ1) is 11.0. The highest BCUT2D eigenvalue weighted by molar-refractivity contribution is 5.87. The van der Waals surface area contributed by atoms with Gasteiger partial charge in [-0.1, -0.05) is 12.1 Å². The minimum absolute atomic E-state index is 0.404. The topological polar surface area (TPSA) is 40.9 Å². The minimum Gasteiger partial charge on any atom is -0.298 e. The zero-order valence-electron chi connectivity index (χ0n) is 8.85. The van der Waals surface area contributed by atoms with Gasteiger partial charge in [-0.25, -0.2) is 4.39 Å². The molecule has 0 heterocycles. The molecule has 0 saturated heterocycles. The molecule has 0 aliphatic rings. The summed E-state index contributed by atoms with van der Waals surface area (Å²) >= 11 is 0. The smallest absolute Gasteiger partial charge is 0.150 e. The first-order valence-electron chi connectivity index (χ1n) is 5.00. The van der Waals surface area contributed by atoms with E-state index in [-0.39, 0.29) is 0 Å². The highest BCUT2D eigenvalue weighted by Crippen LogP contribution is 2.24. The number of hydrogen-bond acceptors (Lipinski definition) is 2. The minimum atomic E-state index is -0.409. The number of nitriles is 1. The Labute approximate surface area is 97.9 Å². The van der Waals surface area contributed by atoms with Gasteiger partial charge >= 0.3 is 0 Å². The van der Waals surface area contributed by atoms with Gasteiger partial charge in [0.15, 0.2) is 6.29 Å². The van der Waals surface area contributed by atoms with Gasteiger partial charge in [0, 0.05) is 5.56 Å². The summed E-state index contributed by atoms with van der Waals surface area (Å²) in [6.45, 7) is 0. The second kappa shape index (κ2) is 4.58. The maximum Gasteiger partial charge on any atom is 0.150 e. The van der Waals surface area contributed by atoms with Crippen LogP contribution >= 0.6 is 0 Å². The van der Waals surface area contributed by atoms with Crippen molar-refractivity contribution in [2.75, 3.05) is 0 Å². The molecular formula is C14H8FNO. The van der Waals surface area contributed by atoms with Crippen molar-refractivity contribution in [1.82, 2.24) is 0 Å². The monoisotopic (exact) mass is 225 g/mol. The number of halogens is 1. The third kappa shape index (κ3) is 2.21. The number of carbonyl (C=O) groups excluding carboxylic acids is 1. The van der Waals surface area contributed by atoms with Gasteiger partial charge < -0.3 is 0 Å². The van der Waals surface area contributed by atoms with Crippen LogP contribution in [0.5, 0.6) is 0 Å². The molecule has 2 aromatic carbocycles. The molecule has 3 heteroatoms. The van der Waals surface area contributed by atoms with E-state index in [1.165, 1.54) is 18.2 Å². The largest absolute Gasteiger partial charge is 0.298 e. The molecule has 0 unspecified atom stereocenters. The van der Waals surface area contributed by atoms with Gasteiger partial charge in [-0.05, 0) is 41.5 Å². The third-order valence-corrected chi connectivity index (χ3v) is 2.44. The summed E-state index contributed by atoms with van der Waals surface area (Å²) in [4.78, 5) is 10.9. The fraction of sp³-hybridized carbons (Fsp3) is 0. The molecular weight excluding hydrogens is 217 g/mol. The van der Waals surface area contributed by atoms with E-state index in [9.17, 15) is 9.18 Å². The SMILES string of the molecule is N#Cc1cccc(-c2cc(F)ccc2C=O)c1. The van der Waals surface area contributed by atoms with Crippen LogP contribution < -0.4 is 0 Å². The van der Waals surface area contributed by atoms with E-state index in [2.05, 4.69) is 0 Å². The number of carbonyl (C=O) groups is 1. The maximum absolute atomic E-state index is 13.2. The van der Waals surface area contributed by atoms with Crippen molar-refractivity contribution >= 4 is 6.29 Å². The van der Waals surface area contributed by atoms with E-state index in [0.29, 0.717) is 28.5 Å². The average molecular weight is 225 g/mol. The molecule has 0 fully saturated rings. The lowest BCUT2D eigenvalue weighted by Crippen LogP contribution is -1.89. The number of aldehydes is 1. The number of nitrogens with zero attached hydrogens (tertiary/aromatic N) is 1. The zero-order chi connectivity index (χ0) is 12.3. The highest BCUT2D eigenvalue weighted by atomic mass is 19.1. The predicted octanol–water partition coefficient (Wildman–Crippen LogP) is 3.18. The Kier molecular flexibility index (Phi) is 2.97. The summed E-state index contributed by atoms with van der Waals surface area (Å²) in [5.74, 6) is -0.409. The third-order valence-electron chi connectivity index (χ3n) is 2.44. The van der Waals surface area contributed by atoms with E-state index >= 15 is 0 Å². The molecule has 0 aromatic heterocycles. The zero-order valence-corrected chi connectivity index (χ0v) is 8.85. The molecule has 2 nitrogen and oxygen atoms in total. The van der Waals surface area contributed by atoms with Crippen LogP contribution in [0.15, 0.2) is 42.5 Å².